The highest BCUT2D eigenvalue weighted by Gasteiger charge is 2.29. The minimum Gasteiger partial charge on any atom is -0.455 e. The second-order valence-electron chi connectivity index (χ2n) is 20.7. The second kappa shape index (κ2) is 17.2. The van der Waals surface area contributed by atoms with Gasteiger partial charge in [0.2, 0.25) is 0 Å². The van der Waals surface area contributed by atoms with Crippen molar-refractivity contribution in [3.63, 3.8) is 0 Å². The summed E-state index contributed by atoms with van der Waals surface area (Å²) in [5, 5.41) is 11.0. The van der Waals surface area contributed by atoms with E-state index in [1.54, 1.807) is 0 Å². The molecule has 2 saturated carbocycles. The Labute approximate surface area is 423 Å². The first-order valence-corrected chi connectivity index (χ1v) is 26.6. The van der Waals surface area contributed by atoms with Crippen LogP contribution in [0.4, 0.5) is 34.1 Å². The van der Waals surface area contributed by atoms with E-state index < -0.39 is 0 Å². The third-order valence-electron chi connectivity index (χ3n) is 16.6. The fourth-order valence-electron chi connectivity index (χ4n) is 13.2. The summed E-state index contributed by atoms with van der Waals surface area (Å²) < 4.78 is 21.7. The quantitative estimate of drug-likeness (QED) is 0.152. The molecule has 13 aromatic rings. The van der Waals surface area contributed by atoms with E-state index in [1.165, 1.54) is 86.1 Å². The zero-order valence-corrected chi connectivity index (χ0v) is 40.8. The van der Waals surface area contributed by atoms with E-state index in [1.807, 2.05) is 0 Å². The predicted molar refractivity (Wildman–Crippen MR) is 304 cm³/mol. The number of fused-ring (bicyclic) bond motifs is 13. The molecule has 2 fully saturated rings. The average Bonchev–Trinajstić information content (AvgIpc) is 4.17. The van der Waals surface area contributed by atoms with Gasteiger partial charge in [-0.25, -0.2) is 0 Å². The first kappa shape index (κ1) is 42.4. The van der Waals surface area contributed by atoms with Crippen LogP contribution in [-0.4, -0.2) is 0 Å². The van der Waals surface area contributed by atoms with Crippen molar-refractivity contribution in [3.8, 4) is 0 Å². The summed E-state index contributed by atoms with van der Waals surface area (Å²) in [6.07, 6.45) is 12.5. The lowest BCUT2D eigenvalue weighted by Crippen LogP contribution is -2.11. The van der Waals surface area contributed by atoms with Gasteiger partial charge in [-0.15, -0.1) is 0 Å². The van der Waals surface area contributed by atoms with Gasteiger partial charge in [-0.05, 0) is 97.2 Å². The van der Waals surface area contributed by atoms with Crippen LogP contribution in [0.15, 0.2) is 207 Å². The van der Waals surface area contributed by atoms with E-state index >= 15 is 0 Å². The Bertz CT molecular complexity index is 3970. The molecule has 0 aliphatic heterocycles. The van der Waals surface area contributed by atoms with E-state index in [-0.39, 0.29) is 0 Å². The zero-order chi connectivity index (χ0) is 48.0. The Morgan fingerprint density at radius 2 is 0.589 bits per heavy atom. The molecular formula is C68H54N2O3. The molecule has 2 aliphatic rings. The van der Waals surface area contributed by atoms with Gasteiger partial charge in [-0.3, -0.25) is 0 Å². The van der Waals surface area contributed by atoms with Crippen molar-refractivity contribution >= 4 is 121 Å². The van der Waals surface area contributed by atoms with E-state index in [0.29, 0.717) is 11.8 Å². The van der Waals surface area contributed by atoms with Gasteiger partial charge in [0.25, 0.3) is 0 Å². The standard InChI is InChI=1S/C68H54N2O3/c1-5-21-43(22-6-1)47-33-17-35-53-55-37-19-39-59(67(55)72-63(47)53)69(45-25-9-3-10-26-45)61-41-57-58-42-62(50-30-14-16-32-52(50)66(58)71-65(57)51-31-15-13-29-49(51)61)70(46-27-11-4-12-28-46)60-40-20-38-56-54-36-18-34-48(64(54)73-68(56)60)44-23-7-2-8-24-44/h3-4,9-20,25-44H,1-2,5-8,21-24H2. The van der Waals surface area contributed by atoms with E-state index in [4.69, 9.17) is 13.3 Å². The lowest BCUT2D eigenvalue weighted by molar-refractivity contribution is 0.442. The maximum absolute atomic E-state index is 7.26. The number of anilines is 6. The zero-order valence-electron chi connectivity index (χ0n) is 40.8. The fourth-order valence-corrected chi connectivity index (χ4v) is 13.2. The fraction of sp³-hybridized carbons (Fsp3) is 0.176. The lowest BCUT2D eigenvalue weighted by atomic mass is 9.83. The molecule has 5 nitrogen and oxygen atoms in total. The number of hydrogen-bond acceptors (Lipinski definition) is 5. The van der Waals surface area contributed by atoms with Crippen molar-refractivity contribution in [2.24, 2.45) is 0 Å². The van der Waals surface area contributed by atoms with Crippen LogP contribution in [0.25, 0.3) is 87.4 Å². The van der Waals surface area contributed by atoms with Crippen LogP contribution in [0, 0.1) is 0 Å². The summed E-state index contributed by atoms with van der Waals surface area (Å²) in [6, 6.07) is 70.6. The van der Waals surface area contributed by atoms with Crippen molar-refractivity contribution in [3.05, 3.63) is 205 Å². The topological polar surface area (TPSA) is 45.9 Å². The molecule has 0 atom stereocenters. The molecule has 73 heavy (non-hydrogen) atoms. The van der Waals surface area contributed by atoms with Crippen LogP contribution in [0.1, 0.15) is 87.2 Å². The Hall–Kier alpha value is -8.28. The Kier molecular flexibility index (Phi) is 9.99. The molecule has 0 radical (unpaired) electrons. The maximum Gasteiger partial charge on any atom is 0.159 e. The average molecular weight is 947 g/mol. The van der Waals surface area contributed by atoms with E-state index in [9.17, 15) is 0 Å². The first-order chi connectivity index (χ1) is 36.2. The summed E-state index contributed by atoms with van der Waals surface area (Å²) in [7, 11) is 0. The van der Waals surface area contributed by atoms with Crippen LogP contribution in [0.2, 0.25) is 0 Å². The molecule has 0 spiro atoms. The Morgan fingerprint density at radius 3 is 1.01 bits per heavy atom. The van der Waals surface area contributed by atoms with Crippen molar-refractivity contribution in [2.75, 3.05) is 9.80 Å². The highest BCUT2D eigenvalue weighted by Crippen LogP contribution is 2.52. The highest BCUT2D eigenvalue weighted by atomic mass is 16.3. The molecule has 5 heteroatoms. The number of hydrogen-bond donors (Lipinski definition) is 0. The number of benzene rings is 10. The largest absolute Gasteiger partial charge is 0.455 e. The molecule has 0 bridgehead atoms. The van der Waals surface area contributed by atoms with Gasteiger partial charge >= 0.3 is 0 Å². The summed E-state index contributed by atoms with van der Waals surface area (Å²) >= 11 is 0. The van der Waals surface area contributed by atoms with Crippen LogP contribution >= 0.6 is 0 Å². The predicted octanol–water partition coefficient (Wildman–Crippen LogP) is 20.7. The molecular weight excluding hydrogens is 893 g/mol. The number of furan rings is 3. The number of rotatable bonds is 8. The van der Waals surface area contributed by atoms with Crippen LogP contribution in [-0.2, 0) is 0 Å². The van der Waals surface area contributed by atoms with E-state index in [2.05, 4.69) is 204 Å². The molecule has 3 aromatic heterocycles. The van der Waals surface area contributed by atoms with Gasteiger partial charge in [-0.1, -0.05) is 184 Å². The van der Waals surface area contributed by atoms with Crippen LogP contribution < -0.4 is 9.80 Å². The maximum atomic E-state index is 7.26. The van der Waals surface area contributed by atoms with Crippen LogP contribution in [0.3, 0.4) is 0 Å². The first-order valence-electron chi connectivity index (χ1n) is 26.6. The van der Waals surface area contributed by atoms with Gasteiger partial charge in [0.1, 0.15) is 22.3 Å². The van der Waals surface area contributed by atoms with Gasteiger partial charge in [0.15, 0.2) is 11.2 Å². The smallest absolute Gasteiger partial charge is 0.159 e. The van der Waals surface area contributed by atoms with Crippen molar-refractivity contribution in [2.45, 2.75) is 76.0 Å². The third kappa shape index (κ3) is 6.74. The Balaban J connectivity index is 0.988. The normalized spacial score (nSPS) is 15.0. The van der Waals surface area contributed by atoms with Crippen molar-refractivity contribution in [1.82, 2.24) is 0 Å². The molecule has 0 saturated heterocycles. The Morgan fingerprint density at radius 1 is 0.260 bits per heavy atom. The lowest BCUT2D eigenvalue weighted by Gasteiger charge is -2.27. The summed E-state index contributed by atoms with van der Waals surface area (Å²) in [5.74, 6) is 1.02. The minimum absolute atomic E-state index is 0.511. The van der Waals surface area contributed by atoms with E-state index in [0.717, 1.165) is 111 Å². The van der Waals surface area contributed by atoms with Gasteiger partial charge in [0.05, 0.1) is 22.7 Å². The SMILES string of the molecule is c1ccc(N(c2cc3c4cc(N(c5ccccc5)c5cccc6c5oc5c(C7CCCCC7)cccc56)c5ccccc5c4oc3c3ccccc23)c2cccc3c2oc2c(C4CCCCC4)cccc23)cc1. The van der Waals surface area contributed by atoms with Crippen molar-refractivity contribution < 1.29 is 13.3 Å². The van der Waals surface area contributed by atoms with Gasteiger partial charge in [0, 0.05) is 65.2 Å². The molecule has 2 aliphatic carbocycles. The second-order valence-corrected chi connectivity index (χ2v) is 20.7. The number of para-hydroxylation sites is 6. The molecule has 3 heterocycles. The highest BCUT2D eigenvalue weighted by molar-refractivity contribution is 6.26. The summed E-state index contributed by atoms with van der Waals surface area (Å²) in [6.45, 7) is 0. The van der Waals surface area contributed by atoms with Gasteiger partial charge in [-0.2, -0.15) is 0 Å². The summed E-state index contributed by atoms with van der Waals surface area (Å²) in [5.41, 5.74) is 14.4. The monoisotopic (exact) mass is 946 g/mol. The molecule has 0 unspecified atom stereocenters. The van der Waals surface area contributed by atoms with Crippen LogP contribution in [0.5, 0.6) is 0 Å². The van der Waals surface area contributed by atoms with Crippen molar-refractivity contribution in [1.29, 1.82) is 0 Å². The number of nitrogens with zero attached hydrogens (tertiary/aromatic N) is 2. The molecule has 0 N–H and O–H groups in total. The molecule has 0 amide bonds. The summed E-state index contributed by atoms with van der Waals surface area (Å²) in [4.78, 5) is 4.82. The molecule has 15 rings (SSSR count). The van der Waals surface area contributed by atoms with Gasteiger partial charge < -0.3 is 23.1 Å². The third-order valence-corrected chi connectivity index (χ3v) is 16.6. The molecule has 354 valence electrons. The molecule has 10 aromatic carbocycles. The minimum atomic E-state index is 0.511.